The van der Waals surface area contributed by atoms with E-state index >= 15 is 0 Å². The first-order chi connectivity index (χ1) is 12.7. The molecule has 0 unspecified atom stereocenters. The van der Waals surface area contributed by atoms with E-state index in [1.807, 2.05) is 0 Å². The highest BCUT2D eigenvalue weighted by Gasteiger charge is 2.22. The molecule has 0 aliphatic carbocycles. The van der Waals surface area contributed by atoms with Crippen molar-refractivity contribution in [3.8, 4) is 0 Å². The predicted octanol–water partition coefficient (Wildman–Crippen LogP) is 3.88. The molecule has 0 aliphatic heterocycles. The van der Waals surface area contributed by atoms with Crippen molar-refractivity contribution in [1.29, 1.82) is 0 Å². The van der Waals surface area contributed by atoms with Gasteiger partial charge in [-0.1, -0.05) is 64.7 Å². The smallest absolute Gasteiger partial charge is 0.462 e. The van der Waals surface area contributed by atoms with Gasteiger partial charge in [0.25, 0.3) is 0 Å². The number of phosphoric ester groups is 1. The summed E-state index contributed by atoms with van der Waals surface area (Å²) in [6.45, 7) is 2.54. The third-order valence-corrected chi connectivity index (χ3v) is 4.42. The molecular weight excluding hydrogens is 375 g/mol. The number of rotatable bonds is 17. The summed E-state index contributed by atoms with van der Waals surface area (Å²) in [7, 11) is -4.69. The lowest BCUT2D eigenvalue weighted by Crippen LogP contribution is -2.29. The lowest BCUT2D eigenvalue weighted by atomic mass is 10.1. The van der Waals surface area contributed by atoms with E-state index in [0.717, 1.165) is 19.3 Å². The molecule has 0 fully saturated rings. The molecule has 0 aromatic heterocycles. The zero-order chi connectivity index (χ0) is 20.5. The van der Waals surface area contributed by atoms with Gasteiger partial charge in [0.2, 0.25) is 0 Å². The Balaban J connectivity index is 3.88. The summed E-state index contributed by atoms with van der Waals surface area (Å²) in [6.07, 6.45) is 10.7. The summed E-state index contributed by atoms with van der Waals surface area (Å²) in [5.41, 5.74) is 0. The fourth-order valence-electron chi connectivity index (χ4n) is 2.51. The molecule has 27 heavy (non-hydrogen) atoms. The third kappa shape index (κ3) is 19.6. The van der Waals surface area contributed by atoms with Crippen molar-refractivity contribution in [3.05, 3.63) is 0 Å². The van der Waals surface area contributed by atoms with Gasteiger partial charge in [-0.25, -0.2) is 4.57 Å². The van der Waals surface area contributed by atoms with E-state index in [9.17, 15) is 14.2 Å². The van der Waals surface area contributed by atoms with Gasteiger partial charge in [0.1, 0.15) is 6.61 Å². The van der Waals surface area contributed by atoms with Crippen molar-refractivity contribution in [2.24, 2.45) is 0 Å². The lowest BCUT2D eigenvalue weighted by molar-refractivity contribution is -0.160. The normalized spacial score (nSPS) is 12.6. The topological polar surface area (TPSA) is 119 Å². The second-order valence-electron chi connectivity index (χ2n) is 6.63. The Morgan fingerprint density at radius 2 is 1.41 bits per heavy atom. The van der Waals surface area contributed by atoms with Crippen LogP contribution in [0, 0.1) is 0 Å². The van der Waals surface area contributed by atoms with Crippen LogP contribution in [0.1, 0.15) is 84.5 Å². The summed E-state index contributed by atoms with van der Waals surface area (Å²) in [5.74, 6) is -1.08. The molecule has 0 saturated carbocycles. The Labute approximate surface area is 162 Å². The van der Waals surface area contributed by atoms with Crippen molar-refractivity contribution < 1.29 is 37.9 Å². The van der Waals surface area contributed by atoms with E-state index in [2.05, 4.69) is 11.4 Å². The molecule has 0 bridgehead atoms. The molecule has 8 nitrogen and oxygen atoms in total. The number of unbranched alkanes of at least 4 members (excludes halogenated alkanes) is 9. The molecule has 2 N–H and O–H groups in total. The zero-order valence-corrected chi connectivity index (χ0v) is 17.5. The van der Waals surface area contributed by atoms with Gasteiger partial charge in [0.05, 0.1) is 6.61 Å². The maximum absolute atomic E-state index is 11.8. The average molecular weight is 410 g/mol. The molecule has 0 saturated heterocycles. The number of hydrogen-bond donors (Lipinski definition) is 2. The first kappa shape index (κ1) is 26.1. The van der Waals surface area contributed by atoms with Crippen LogP contribution in [-0.2, 0) is 28.2 Å². The second kappa shape index (κ2) is 16.0. The molecular formula is C18H35O8P. The third-order valence-electron chi connectivity index (χ3n) is 3.93. The standard InChI is InChI=1S/C18H35O8P/c1-3-4-5-6-7-8-9-10-11-12-13-18(20)26-17(14-24-16(2)19)15-25-27(21,22)23/h17H,3-15H2,1-2H3,(H2,21,22,23)/t17-/m1/s1. The van der Waals surface area contributed by atoms with Crippen molar-refractivity contribution in [3.63, 3.8) is 0 Å². The van der Waals surface area contributed by atoms with Crippen LogP contribution in [0.5, 0.6) is 0 Å². The van der Waals surface area contributed by atoms with Crippen LogP contribution in [0.2, 0.25) is 0 Å². The number of hydrogen-bond acceptors (Lipinski definition) is 6. The second-order valence-corrected chi connectivity index (χ2v) is 7.87. The van der Waals surface area contributed by atoms with Crippen LogP contribution in [0.3, 0.4) is 0 Å². The molecule has 0 amide bonds. The zero-order valence-electron chi connectivity index (χ0n) is 16.6. The van der Waals surface area contributed by atoms with Crippen molar-refractivity contribution in [1.82, 2.24) is 0 Å². The van der Waals surface area contributed by atoms with Gasteiger partial charge in [-0.2, -0.15) is 0 Å². The van der Waals surface area contributed by atoms with E-state index in [1.54, 1.807) is 0 Å². The van der Waals surface area contributed by atoms with Gasteiger partial charge in [-0.3, -0.25) is 14.1 Å². The van der Waals surface area contributed by atoms with Crippen LogP contribution in [0.15, 0.2) is 0 Å². The van der Waals surface area contributed by atoms with Crippen LogP contribution in [-0.4, -0.2) is 41.0 Å². The fourth-order valence-corrected chi connectivity index (χ4v) is 2.87. The molecule has 9 heteroatoms. The summed E-state index contributed by atoms with van der Waals surface area (Å²) in [6, 6.07) is 0. The summed E-state index contributed by atoms with van der Waals surface area (Å²) in [5, 5.41) is 0. The highest BCUT2D eigenvalue weighted by molar-refractivity contribution is 7.46. The molecule has 0 aromatic rings. The number of esters is 2. The van der Waals surface area contributed by atoms with E-state index in [4.69, 9.17) is 19.3 Å². The Morgan fingerprint density at radius 1 is 0.889 bits per heavy atom. The molecule has 0 spiro atoms. The molecule has 0 rings (SSSR count). The van der Waals surface area contributed by atoms with Crippen LogP contribution < -0.4 is 0 Å². The highest BCUT2D eigenvalue weighted by Crippen LogP contribution is 2.35. The number of ether oxygens (including phenoxy) is 2. The average Bonchev–Trinajstić information content (AvgIpc) is 2.58. The Morgan fingerprint density at radius 3 is 1.89 bits per heavy atom. The SMILES string of the molecule is CCCCCCCCCCCCC(=O)O[C@H](COC(C)=O)COP(=O)(O)O. The quantitative estimate of drug-likeness (QED) is 0.211. The van der Waals surface area contributed by atoms with Gasteiger partial charge in [-0.15, -0.1) is 0 Å². The Hall–Kier alpha value is -0.950. The van der Waals surface area contributed by atoms with Crippen molar-refractivity contribution >= 4 is 19.8 Å². The number of carbonyl (C=O) groups is 2. The van der Waals surface area contributed by atoms with Crippen molar-refractivity contribution in [2.45, 2.75) is 90.6 Å². The predicted molar refractivity (Wildman–Crippen MR) is 101 cm³/mol. The number of phosphoric acid groups is 1. The Bertz CT molecular complexity index is 449. The molecule has 0 heterocycles. The first-order valence-electron chi connectivity index (χ1n) is 9.77. The lowest BCUT2D eigenvalue weighted by Gasteiger charge is -2.18. The summed E-state index contributed by atoms with van der Waals surface area (Å²) >= 11 is 0. The monoisotopic (exact) mass is 410 g/mol. The van der Waals surface area contributed by atoms with E-state index in [1.165, 1.54) is 45.4 Å². The van der Waals surface area contributed by atoms with E-state index in [0.29, 0.717) is 6.42 Å². The van der Waals surface area contributed by atoms with Crippen LogP contribution in [0.25, 0.3) is 0 Å². The van der Waals surface area contributed by atoms with Crippen molar-refractivity contribution in [2.75, 3.05) is 13.2 Å². The van der Waals surface area contributed by atoms with Gasteiger partial charge in [0.15, 0.2) is 6.10 Å². The van der Waals surface area contributed by atoms with Gasteiger partial charge < -0.3 is 19.3 Å². The maximum atomic E-state index is 11.8. The van der Waals surface area contributed by atoms with Crippen LogP contribution >= 0.6 is 7.82 Å². The largest absolute Gasteiger partial charge is 0.469 e. The minimum Gasteiger partial charge on any atom is -0.462 e. The fraction of sp³-hybridized carbons (Fsp3) is 0.889. The summed E-state index contributed by atoms with van der Waals surface area (Å²) in [4.78, 5) is 40.1. The Kier molecular flexibility index (Phi) is 15.5. The minimum absolute atomic E-state index is 0.211. The minimum atomic E-state index is -4.69. The highest BCUT2D eigenvalue weighted by atomic mass is 31.2. The molecule has 0 aromatic carbocycles. The first-order valence-corrected chi connectivity index (χ1v) is 11.3. The molecule has 160 valence electrons. The van der Waals surface area contributed by atoms with Gasteiger partial charge in [0, 0.05) is 13.3 Å². The summed E-state index contributed by atoms with van der Waals surface area (Å²) < 4.78 is 24.9. The molecule has 0 aliphatic rings. The molecule has 1 atom stereocenters. The van der Waals surface area contributed by atoms with Crippen LogP contribution in [0.4, 0.5) is 0 Å². The van der Waals surface area contributed by atoms with Gasteiger partial charge in [-0.05, 0) is 6.42 Å². The maximum Gasteiger partial charge on any atom is 0.469 e. The van der Waals surface area contributed by atoms with E-state index < -0.39 is 32.5 Å². The van der Waals surface area contributed by atoms with Gasteiger partial charge >= 0.3 is 19.8 Å². The van der Waals surface area contributed by atoms with E-state index in [-0.39, 0.29) is 13.0 Å². The number of carbonyl (C=O) groups excluding carboxylic acids is 2. The molecule has 0 radical (unpaired) electrons.